The molecule has 0 saturated heterocycles. The van der Waals surface area contributed by atoms with Gasteiger partial charge in [0.25, 0.3) is 0 Å². The van der Waals surface area contributed by atoms with Crippen molar-refractivity contribution in [1.29, 1.82) is 0 Å². The molecule has 0 atom stereocenters. The highest BCUT2D eigenvalue weighted by atomic mass is 15.3. The molecule has 2 fully saturated rings. The van der Waals surface area contributed by atoms with E-state index in [4.69, 9.17) is 0 Å². The van der Waals surface area contributed by atoms with Gasteiger partial charge in [0.2, 0.25) is 0 Å². The molecular formula is C20H27N5. The van der Waals surface area contributed by atoms with Crippen LogP contribution in [0.3, 0.4) is 0 Å². The Bertz CT molecular complexity index is 740. The topological polar surface area (TPSA) is 56.3 Å². The van der Waals surface area contributed by atoms with E-state index in [1.54, 1.807) is 0 Å². The van der Waals surface area contributed by atoms with Crippen molar-refractivity contribution in [2.45, 2.75) is 32.2 Å². The van der Waals surface area contributed by atoms with Gasteiger partial charge < -0.3 is 15.2 Å². The van der Waals surface area contributed by atoms with Gasteiger partial charge in [0, 0.05) is 20.6 Å². The van der Waals surface area contributed by atoms with Crippen LogP contribution in [0.2, 0.25) is 0 Å². The van der Waals surface area contributed by atoms with Crippen LogP contribution in [-0.2, 0) is 6.54 Å². The maximum Gasteiger partial charge on any atom is 0.193 e. The summed E-state index contributed by atoms with van der Waals surface area (Å²) in [7, 11) is 3.92. The normalized spacial score (nSPS) is 18.9. The van der Waals surface area contributed by atoms with Crippen molar-refractivity contribution in [3.63, 3.8) is 0 Å². The monoisotopic (exact) mass is 337 g/mol. The van der Waals surface area contributed by atoms with E-state index in [9.17, 15) is 0 Å². The zero-order valence-electron chi connectivity index (χ0n) is 15.1. The van der Waals surface area contributed by atoms with Crippen molar-refractivity contribution in [2.75, 3.05) is 20.6 Å². The summed E-state index contributed by atoms with van der Waals surface area (Å²) in [6.07, 6.45) is 7.50. The Morgan fingerprint density at radius 3 is 2.72 bits per heavy atom. The number of hydrogen-bond donors (Lipinski definition) is 2. The van der Waals surface area contributed by atoms with Gasteiger partial charge in [0.1, 0.15) is 5.82 Å². The molecule has 2 aromatic rings. The Morgan fingerprint density at radius 2 is 2.08 bits per heavy atom. The van der Waals surface area contributed by atoms with Crippen molar-refractivity contribution in [3.8, 4) is 11.3 Å². The lowest BCUT2D eigenvalue weighted by atomic mass is 10.0. The Kier molecular flexibility index (Phi) is 4.24. The molecule has 2 saturated carbocycles. The van der Waals surface area contributed by atoms with E-state index in [0.29, 0.717) is 12.0 Å². The number of nitrogens with one attached hydrogen (secondary N) is 2. The van der Waals surface area contributed by atoms with Crippen molar-refractivity contribution < 1.29 is 0 Å². The summed E-state index contributed by atoms with van der Waals surface area (Å²) in [6, 6.07) is 10.3. The molecule has 1 aromatic carbocycles. The fraction of sp³-hybridized carbons (Fsp3) is 0.500. The molecule has 2 aliphatic rings. The maximum absolute atomic E-state index is 4.53. The summed E-state index contributed by atoms with van der Waals surface area (Å²) in [4.78, 5) is 14.5. The quantitative estimate of drug-likeness (QED) is 0.628. The molecule has 5 nitrogen and oxygen atoms in total. The predicted octanol–water partition coefficient (Wildman–Crippen LogP) is 3.27. The number of aromatic amines is 1. The molecule has 2 aliphatic carbocycles. The molecule has 0 amide bonds. The lowest BCUT2D eigenvalue weighted by molar-refractivity contribution is 0.407. The van der Waals surface area contributed by atoms with Gasteiger partial charge in [-0.05, 0) is 42.6 Å². The highest BCUT2D eigenvalue weighted by Crippen LogP contribution is 2.60. The molecule has 5 heteroatoms. The van der Waals surface area contributed by atoms with Gasteiger partial charge in [0.05, 0.1) is 18.4 Å². The molecule has 0 unspecified atom stereocenters. The summed E-state index contributed by atoms with van der Waals surface area (Å²) >= 11 is 0. The number of guanidine groups is 1. The second kappa shape index (κ2) is 6.54. The van der Waals surface area contributed by atoms with E-state index in [-0.39, 0.29) is 0 Å². The Labute approximate surface area is 149 Å². The molecule has 1 heterocycles. The van der Waals surface area contributed by atoms with Crippen molar-refractivity contribution in [1.82, 2.24) is 20.2 Å². The standard InChI is InChI=1S/C20H27N5/c1-21-19(23-14-20(10-11-20)16-8-9-16)25(2)13-18-22-12-17(24-18)15-6-4-3-5-7-15/h3-7,12,16H,8-11,13-14H2,1-2H3,(H,21,23)(H,22,24). The minimum Gasteiger partial charge on any atom is -0.356 e. The van der Waals surface area contributed by atoms with E-state index in [0.717, 1.165) is 35.5 Å². The first-order valence-electron chi connectivity index (χ1n) is 9.21. The number of H-pyrrole nitrogens is 1. The minimum atomic E-state index is 0.571. The molecule has 0 aliphatic heterocycles. The maximum atomic E-state index is 4.53. The lowest BCUT2D eigenvalue weighted by Gasteiger charge is -2.24. The number of imidazole rings is 1. The van der Waals surface area contributed by atoms with Crippen LogP contribution in [0.1, 0.15) is 31.5 Å². The van der Waals surface area contributed by atoms with Crippen LogP contribution in [0.25, 0.3) is 11.3 Å². The summed E-state index contributed by atoms with van der Waals surface area (Å²) in [5.74, 6) is 2.86. The third-order valence-electron chi connectivity index (χ3n) is 5.61. The minimum absolute atomic E-state index is 0.571. The van der Waals surface area contributed by atoms with Crippen molar-refractivity contribution in [2.24, 2.45) is 16.3 Å². The second-order valence-electron chi connectivity index (χ2n) is 7.50. The van der Waals surface area contributed by atoms with E-state index < -0.39 is 0 Å². The predicted molar refractivity (Wildman–Crippen MR) is 101 cm³/mol. The lowest BCUT2D eigenvalue weighted by Crippen LogP contribution is -2.41. The number of aromatic nitrogens is 2. The zero-order chi connectivity index (χ0) is 17.3. The SMILES string of the molecule is CN=C(NCC1(C2CC2)CC1)N(C)Cc1ncc(-c2ccccc2)[nH]1. The molecule has 0 bridgehead atoms. The van der Waals surface area contributed by atoms with Gasteiger partial charge >= 0.3 is 0 Å². The second-order valence-corrected chi connectivity index (χ2v) is 7.50. The molecule has 0 spiro atoms. The summed E-state index contributed by atoms with van der Waals surface area (Å²) in [5.41, 5.74) is 2.78. The first-order valence-corrected chi connectivity index (χ1v) is 9.21. The molecule has 132 valence electrons. The van der Waals surface area contributed by atoms with Crippen LogP contribution in [0.4, 0.5) is 0 Å². The molecule has 4 rings (SSSR count). The van der Waals surface area contributed by atoms with Crippen LogP contribution in [-0.4, -0.2) is 41.5 Å². The zero-order valence-corrected chi connectivity index (χ0v) is 15.1. The Morgan fingerprint density at radius 1 is 1.32 bits per heavy atom. The van der Waals surface area contributed by atoms with Gasteiger partial charge in [-0.25, -0.2) is 4.98 Å². The van der Waals surface area contributed by atoms with Gasteiger partial charge in [0.15, 0.2) is 5.96 Å². The number of hydrogen-bond acceptors (Lipinski definition) is 2. The average Bonchev–Trinajstić information content (AvgIpc) is 3.55. The van der Waals surface area contributed by atoms with Crippen LogP contribution in [0.5, 0.6) is 0 Å². The number of benzene rings is 1. The average molecular weight is 337 g/mol. The van der Waals surface area contributed by atoms with E-state index in [1.165, 1.54) is 25.7 Å². The fourth-order valence-corrected chi connectivity index (χ4v) is 3.73. The molecule has 25 heavy (non-hydrogen) atoms. The first kappa shape index (κ1) is 16.2. The smallest absolute Gasteiger partial charge is 0.193 e. The third-order valence-corrected chi connectivity index (χ3v) is 5.61. The van der Waals surface area contributed by atoms with E-state index in [1.807, 2.05) is 31.4 Å². The van der Waals surface area contributed by atoms with Crippen LogP contribution in [0, 0.1) is 11.3 Å². The highest BCUT2D eigenvalue weighted by Gasteiger charge is 2.53. The van der Waals surface area contributed by atoms with E-state index in [2.05, 4.69) is 44.4 Å². The number of nitrogens with zero attached hydrogens (tertiary/aromatic N) is 3. The van der Waals surface area contributed by atoms with Gasteiger partial charge in [-0.1, -0.05) is 30.3 Å². The molecule has 0 radical (unpaired) electrons. The Balaban J connectivity index is 1.35. The summed E-state index contributed by atoms with van der Waals surface area (Å²) < 4.78 is 0. The van der Waals surface area contributed by atoms with Crippen LogP contribution in [0.15, 0.2) is 41.5 Å². The summed E-state index contributed by atoms with van der Waals surface area (Å²) in [6.45, 7) is 1.77. The number of aliphatic imine (C=N–C) groups is 1. The molecule has 1 aromatic heterocycles. The fourth-order valence-electron chi connectivity index (χ4n) is 3.73. The summed E-state index contributed by atoms with van der Waals surface area (Å²) in [5, 5.41) is 3.59. The largest absolute Gasteiger partial charge is 0.356 e. The van der Waals surface area contributed by atoms with Gasteiger partial charge in [-0.3, -0.25) is 4.99 Å². The molecular weight excluding hydrogens is 310 g/mol. The number of rotatable bonds is 6. The molecule has 2 N–H and O–H groups in total. The van der Waals surface area contributed by atoms with Crippen LogP contribution < -0.4 is 5.32 Å². The van der Waals surface area contributed by atoms with Gasteiger partial charge in [-0.2, -0.15) is 0 Å². The van der Waals surface area contributed by atoms with Crippen LogP contribution >= 0.6 is 0 Å². The van der Waals surface area contributed by atoms with Gasteiger partial charge in [-0.15, -0.1) is 0 Å². The van der Waals surface area contributed by atoms with Crippen molar-refractivity contribution >= 4 is 5.96 Å². The van der Waals surface area contributed by atoms with Crippen molar-refractivity contribution in [3.05, 3.63) is 42.4 Å². The third kappa shape index (κ3) is 3.55. The highest BCUT2D eigenvalue weighted by molar-refractivity contribution is 5.79. The Hall–Kier alpha value is -2.30. The van der Waals surface area contributed by atoms with E-state index >= 15 is 0 Å². The first-order chi connectivity index (χ1) is 12.2.